The van der Waals surface area contributed by atoms with Crippen molar-refractivity contribution in [1.29, 1.82) is 0 Å². The SMILES string of the molecule is CNn1ccc(Nc2ncnc3ccc(Oc4ccc(C)cc4S(C)(=O)=O)cc23)n1. The normalized spacial score (nSPS) is 11.4. The number of nitrogens with zero attached hydrogens (tertiary/aromatic N) is 4. The Morgan fingerprint density at radius 3 is 2.63 bits per heavy atom. The summed E-state index contributed by atoms with van der Waals surface area (Å²) in [4.78, 5) is 10.3. The first-order chi connectivity index (χ1) is 14.3. The number of nitrogens with one attached hydrogen (secondary N) is 2. The molecule has 30 heavy (non-hydrogen) atoms. The molecule has 10 heteroatoms. The fourth-order valence-electron chi connectivity index (χ4n) is 2.95. The Hall–Kier alpha value is -3.66. The largest absolute Gasteiger partial charge is 0.456 e. The van der Waals surface area contributed by atoms with Crippen LogP contribution in [0, 0.1) is 6.92 Å². The molecule has 0 aliphatic rings. The standard InChI is InChI=1S/C20H20N6O3S/c1-13-4-7-17(18(10-13)30(3,27)28)29-14-5-6-16-15(11-14)20(23-12-22-16)24-19-8-9-26(21-2)25-19/h4-12,21H,1-3H3,(H,22,23,24,25). The van der Waals surface area contributed by atoms with E-state index >= 15 is 0 Å². The van der Waals surface area contributed by atoms with Crippen LogP contribution in [0.4, 0.5) is 11.6 Å². The lowest BCUT2D eigenvalue weighted by Crippen LogP contribution is -2.09. The first-order valence-electron chi connectivity index (χ1n) is 9.07. The molecule has 0 saturated carbocycles. The fourth-order valence-corrected chi connectivity index (χ4v) is 3.83. The molecule has 0 atom stereocenters. The van der Waals surface area contributed by atoms with E-state index in [1.54, 1.807) is 60.5 Å². The second-order valence-corrected chi connectivity index (χ2v) is 8.70. The molecule has 0 bridgehead atoms. The molecule has 2 aromatic carbocycles. The lowest BCUT2D eigenvalue weighted by Gasteiger charge is -2.12. The summed E-state index contributed by atoms with van der Waals surface area (Å²) in [6, 6.07) is 12.1. The van der Waals surface area contributed by atoms with Gasteiger partial charge < -0.3 is 15.5 Å². The topological polar surface area (TPSA) is 111 Å². The Bertz CT molecular complexity index is 1330. The summed E-state index contributed by atoms with van der Waals surface area (Å²) in [6.45, 7) is 1.83. The highest BCUT2D eigenvalue weighted by Crippen LogP contribution is 2.32. The summed E-state index contributed by atoms with van der Waals surface area (Å²) in [7, 11) is -1.69. The van der Waals surface area contributed by atoms with Crippen molar-refractivity contribution in [2.75, 3.05) is 24.0 Å². The molecule has 4 rings (SSSR count). The van der Waals surface area contributed by atoms with E-state index < -0.39 is 9.84 Å². The summed E-state index contributed by atoms with van der Waals surface area (Å²) in [5.74, 6) is 1.89. The second-order valence-electron chi connectivity index (χ2n) is 6.72. The summed E-state index contributed by atoms with van der Waals surface area (Å²) < 4.78 is 30.3. The van der Waals surface area contributed by atoms with Gasteiger partial charge >= 0.3 is 0 Å². The average Bonchev–Trinajstić information content (AvgIpc) is 3.17. The summed E-state index contributed by atoms with van der Waals surface area (Å²) in [5.41, 5.74) is 4.44. The monoisotopic (exact) mass is 424 g/mol. The van der Waals surface area contributed by atoms with Gasteiger partial charge in [-0.2, -0.15) is 4.79 Å². The summed E-state index contributed by atoms with van der Waals surface area (Å²) in [5, 5.41) is 8.18. The predicted molar refractivity (Wildman–Crippen MR) is 115 cm³/mol. The van der Waals surface area contributed by atoms with Gasteiger partial charge in [0.15, 0.2) is 15.7 Å². The van der Waals surface area contributed by atoms with Crippen LogP contribution in [0.1, 0.15) is 5.56 Å². The first-order valence-corrected chi connectivity index (χ1v) is 11.0. The molecule has 0 aliphatic heterocycles. The summed E-state index contributed by atoms with van der Waals surface area (Å²) in [6.07, 6.45) is 4.39. The third kappa shape index (κ3) is 4.03. The molecule has 2 N–H and O–H groups in total. The maximum atomic E-state index is 12.2. The molecule has 0 aliphatic carbocycles. The highest BCUT2D eigenvalue weighted by atomic mass is 32.2. The van der Waals surface area contributed by atoms with E-state index in [0.29, 0.717) is 28.3 Å². The van der Waals surface area contributed by atoms with Crippen LogP contribution in [0.15, 0.2) is 59.9 Å². The first kappa shape index (κ1) is 19.6. The number of hydrogen-bond acceptors (Lipinski definition) is 8. The van der Waals surface area contributed by atoms with Crippen LogP contribution < -0.4 is 15.5 Å². The smallest absolute Gasteiger partial charge is 0.179 e. The number of rotatable bonds is 6. The Kier molecular flexibility index (Phi) is 5.00. The molecule has 2 heterocycles. The molecule has 0 fully saturated rings. The van der Waals surface area contributed by atoms with Gasteiger partial charge in [-0.1, -0.05) is 6.07 Å². The number of benzene rings is 2. The number of sulfone groups is 1. The zero-order valence-corrected chi connectivity index (χ0v) is 17.4. The van der Waals surface area contributed by atoms with Crippen molar-refractivity contribution < 1.29 is 13.2 Å². The summed E-state index contributed by atoms with van der Waals surface area (Å²) >= 11 is 0. The number of fused-ring (bicyclic) bond motifs is 1. The van der Waals surface area contributed by atoms with Crippen LogP contribution in [-0.4, -0.2) is 41.6 Å². The van der Waals surface area contributed by atoms with Crippen molar-refractivity contribution in [3.05, 3.63) is 60.6 Å². The van der Waals surface area contributed by atoms with E-state index in [1.165, 1.54) is 6.33 Å². The predicted octanol–water partition coefficient (Wildman–Crippen LogP) is 3.25. The Morgan fingerprint density at radius 1 is 1.07 bits per heavy atom. The maximum absolute atomic E-state index is 12.2. The van der Waals surface area contributed by atoms with E-state index in [0.717, 1.165) is 11.8 Å². The maximum Gasteiger partial charge on any atom is 0.179 e. The molecule has 4 aromatic rings. The van der Waals surface area contributed by atoms with Crippen LogP contribution in [-0.2, 0) is 9.84 Å². The third-order valence-electron chi connectivity index (χ3n) is 4.40. The van der Waals surface area contributed by atoms with Crippen molar-refractivity contribution in [2.45, 2.75) is 11.8 Å². The number of hydrogen-bond donors (Lipinski definition) is 2. The van der Waals surface area contributed by atoms with Gasteiger partial charge in [0.2, 0.25) is 0 Å². The molecular weight excluding hydrogens is 404 g/mol. The molecule has 0 amide bonds. The van der Waals surface area contributed by atoms with Crippen molar-refractivity contribution in [1.82, 2.24) is 19.9 Å². The molecule has 2 aromatic heterocycles. The van der Waals surface area contributed by atoms with Crippen LogP contribution in [0.5, 0.6) is 11.5 Å². The number of aromatic nitrogens is 4. The van der Waals surface area contributed by atoms with E-state index in [9.17, 15) is 8.42 Å². The van der Waals surface area contributed by atoms with Gasteiger partial charge in [-0.3, -0.25) is 0 Å². The number of ether oxygens (including phenoxy) is 1. The van der Waals surface area contributed by atoms with E-state index in [4.69, 9.17) is 4.74 Å². The molecule has 0 radical (unpaired) electrons. The van der Waals surface area contributed by atoms with Crippen LogP contribution in [0.2, 0.25) is 0 Å². The van der Waals surface area contributed by atoms with E-state index in [-0.39, 0.29) is 10.6 Å². The molecule has 0 unspecified atom stereocenters. The third-order valence-corrected chi connectivity index (χ3v) is 5.52. The molecule has 154 valence electrons. The minimum absolute atomic E-state index is 0.142. The van der Waals surface area contributed by atoms with Crippen LogP contribution in [0.25, 0.3) is 10.9 Å². The van der Waals surface area contributed by atoms with Gasteiger partial charge in [0.05, 0.1) is 11.7 Å². The van der Waals surface area contributed by atoms with Gasteiger partial charge in [-0.25, -0.2) is 18.4 Å². The molecule has 0 saturated heterocycles. The Balaban J connectivity index is 1.72. The van der Waals surface area contributed by atoms with Crippen LogP contribution in [0.3, 0.4) is 0 Å². The second kappa shape index (κ2) is 7.64. The molecule has 0 spiro atoms. The Morgan fingerprint density at radius 2 is 1.90 bits per heavy atom. The van der Waals surface area contributed by atoms with Crippen molar-refractivity contribution in [3.63, 3.8) is 0 Å². The zero-order valence-electron chi connectivity index (χ0n) is 16.6. The highest BCUT2D eigenvalue weighted by Gasteiger charge is 2.16. The van der Waals surface area contributed by atoms with Gasteiger partial charge in [-0.05, 0) is 42.8 Å². The van der Waals surface area contributed by atoms with Crippen molar-refractivity contribution in [3.8, 4) is 11.5 Å². The van der Waals surface area contributed by atoms with Crippen LogP contribution >= 0.6 is 0 Å². The minimum atomic E-state index is -3.45. The van der Waals surface area contributed by atoms with E-state index in [1.807, 2.05) is 6.92 Å². The number of anilines is 2. The van der Waals surface area contributed by atoms with Crippen molar-refractivity contribution in [2.24, 2.45) is 0 Å². The number of aryl methyl sites for hydroxylation is 1. The molecular formula is C20H20N6O3S. The van der Waals surface area contributed by atoms with E-state index in [2.05, 4.69) is 25.8 Å². The van der Waals surface area contributed by atoms with Gasteiger partial charge in [0.1, 0.15) is 28.5 Å². The molecule has 9 nitrogen and oxygen atoms in total. The fraction of sp³-hybridized carbons (Fsp3) is 0.150. The lowest BCUT2D eigenvalue weighted by molar-refractivity contribution is 0.468. The average molecular weight is 424 g/mol. The zero-order chi connectivity index (χ0) is 21.3. The lowest BCUT2D eigenvalue weighted by atomic mass is 10.2. The highest BCUT2D eigenvalue weighted by molar-refractivity contribution is 7.90. The minimum Gasteiger partial charge on any atom is -0.456 e. The quantitative estimate of drug-likeness (QED) is 0.485. The Labute approximate surface area is 173 Å². The van der Waals surface area contributed by atoms with Gasteiger partial charge in [-0.15, -0.1) is 5.10 Å². The van der Waals surface area contributed by atoms with Crippen molar-refractivity contribution >= 4 is 32.4 Å². The van der Waals surface area contributed by atoms with Gasteiger partial charge in [0.25, 0.3) is 0 Å². The van der Waals surface area contributed by atoms with Gasteiger partial charge in [0, 0.05) is 24.8 Å².